The van der Waals surface area contributed by atoms with Gasteiger partial charge in [-0.05, 0) is 37.5 Å². The van der Waals surface area contributed by atoms with Gasteiger partial charge in [-0.3, -0.25) is 0 Å². The fraction of sp³-hybridized carbons (Fsp3) is 0.500. The van der Waals surface area contributed by atoms with E-state index in [1.54, 1.807) is 12.0 Å². The monoisotopic (exact) mass is 342 g/mol. The Hall–Kier alpha value is -1.27. The van der Waals surface area contributed by atoms with E-state index >= 15 is 0 Å². The lowest BCUT2D eigenvalue weighted by Gasteiger charge is -2.30. The second-order valence-corrected chi connectivity index (χ2v) is 5.86. The van der Waals surface area contributed by atoms with Gasteiger partial charge in [0.2, 0.25) is 0 Å². The molecule has 1 fully saturated rings. The Kier molecular flexibility index (Phi) is 4.88. The number of urea groups is 1. The highest BCUT2D eigenvalue weighted by Crippen LogP contribution is 2.32. The highest BCUT2D eigenvalue weighted by atomic mass is 79.9. The first-order valence-corrected chi connectivity index (χ1v) is 7.38. The molecule has 6 heteroatoms. The molecular weight excluding hydrogens is 324 g/mol. The number of aryl methyl sites for hydroxylation is 1. The molecule has 1 aliphatic rings. The Balaban J connectivity index is 2.11. The number of hydrogen-bond donors (Lipinski definition) is 2. The van der Waals surface area contributed by atoms with Gasteiger partial charge in [-0.15, -0.1) is 0 Å². The molecule has 0 aliphatic carbocycles. The number of rotatable bonds is 2. The maximum Gasteiger partial charge on any atom is 0.321 e. The summed E-state index contributed by atoms with van der Waals surface area (Å²) in [5.41, 5.74) is 1.62. The number of aliphatic hydroxyl groups is 1. The van der Waals surface area contributed by atoms with Gasteiger partial charge in [-0.25, -0.2) is 4.79 Å². The molecule has 1 aromatic rings. The average molecular weight is 343 g/mol. The van der Waals surface area contributed by atoms with Crippen LogP contribution in [0.15, 0.2) is 16.6 Å². The zero-order valence-electron chi connectivity index (χ0n) is 11.6. The van der Waals surface area contributed by atoms with Crippen LogP contribution < -0.4 is 10.1 Å². The van der Waals surface area contributed by atoms with Crippen molar-refractivity contribution in [2.75, 3.05) is 25.5 Å². The van der Waals surface area contributed by atoms with E-state index in [4.69, 9.17) is 4.74 Å². The Morgan fingerprint density at radius 3 is 2.70 bits per heavy atom. The maximum absolute atomic E-state index is 12.2. The van der Waals surface area contributed by atoms with E-state index in [0.29, 0.717) is 37.4 Å². The van der Waals surface area contributed by atoms with Crippen molar-refractivity contribution in [3.63, 3.8) is 0 Å². The molecule has 0 bridgehead atoms. The van der Waals surface area contributed by atoms with Crippen LogP contribution in [0.1, 0.15) is 18.4 Å². The van der Waals surface area contributed by atoms with E-state index in [1.165, 1.54) is 0 Å². The molecule has 0 atom stereocenters. The van der Waals surface area contributed by atoms with Gasteiger partial charge >= 0.3 is 6.03 Å². The molecule has 2 N–H and O–H groups in total. The minimum Gasteiger partial charge on any atom is -0.495 e. The zero-order valence-corrected chi connectivity index (χ0v) is 13.2. The predicted octanol–water partition coefficient (Wildman–Crippen LogP) is 2.75. The summed E-state index contributed by atoms with van der Waals surface area (Å²) < 4.78 is 6.22. The van der Waals surface area contributed by atoms with Gasteiger partial charge in [-0.1, -0.05) is 15.9 Å². The van der Waals surface area contributed by atoms with Crippen molar-refractivity contribution >= 4 is 27.6 Å². The summed E-state index contributed by atoms with van der Waals surface area (Å²) in [5.74, 6) is 0.627. The Labute approximate surface area is 127 Å². The van der Waals surface area contributed by atoms with Crippen LogP contribution in [-0.4, -0.2) is 42.3 Å². The molecule has 1 aliphatic heterocycles. The topological polar surface area (TPSA) is 61.8 Å². The summed E-state index contributed by atoms with van der Waals surface area (Å²) in [5, 5.41) is 12.4. The van der Waals surface area contributed by atoms with Gasteiger partial charge in [0.15, 0.2) is 0 Å². The van der Waals surface area contributed by atoms with Gasteiger partial charge in [0.25, 0.3) is 0 Å². The lowest BCUT2D eigenvalue weighted by molar-refractivity contribution is 0.0972. The number of amides is 2. The first kappa shape index (κ1) is 15.1. The third-order valence-electron chi connectivity index (χ3n) is 3.47. The minimum atomic E-state index is -0.289. The number of ether oxygens (including phenoxy) is 1. The summed E-state index contributed by atoms with van der Waals surface area (Å²) in [7, 11) is 1.58. The van der Waals surface area contributed by atoms with E-state index in [0.717, 1.165) is 10.0 Å². The Morgan fingerprint density at radius 2 is 2.10 bits per heavy atom. The number of nitrogens with zero attached hydrogens (tertiary/aromatic N) is 1. The number of halogens is 1. The first-order valence-electron chi connectivity index (χ1n) is 6.59. The number of nitrogens with one attached hydrogen (secondary N) is 1. The van der Waals surface area contributed by atoms with Crippen LogP contribution in [0.5, 0.6) is 5.75 Å². The molecule has 1 heterocycles. The molecule has 110 valence electrons. The quantitative estimate of drug-likeness (QED) is 0.868. The molecule has 5 nitrogen and oxygen atoms in total. The number of piperidine rings is 1. The number of likely N-dealkylation sites (tertiary alicyclic amines) is 1. The Morgan fingerprint density at radius 1 is 1.45 bits per heavy atom. The van der Waals surface area contributed by atoms with Crippen LogP contribution in [0.2, 0.25) is 0 Å². The summed E-state index contributed by atoms with van der Waals surface area (Å²) in [6.07, 6.45) is 0.969. The summed E-state index contributed by atoms with van der Waals surface area (Å²) in [6.45, 7) is 3.07. The van der Waals surface area contributed by atoms with E-state index in [9.17, 15) is 9.90 Å². The van der Waals surface area contributed by atoms with Crippen LogP contribution in [0.4, 0.5) is 10.5 Å². The number of aliphatic hydroxyl groups excluding tert-OH is 1. The van der Waals surface area contributed by atoms with E-state index in [-0.39, 0.29) is 12.1 Å². The molecule has 2 rings (SSSR count). The van der Waals surface area contributed by atoms with Crippen molar-refractivity contribution in [3.8, 4) is 5.75 Å². The molecule has 2 amide bonds. The third kappa shape index (κ3) is 3.43. The van der Waals surface area contributed by atoms with Crippen LogP contribution in [0, 0.1) is 6.92 Å². The van der Waals surface area contributed by atoms with Crippen molar-refractivity contribution in [1.29, 1.82) is 0 Å². The second-order valence-electron chi connectivity index (χ2n) is 4.95. The fourth-order valence-corrected chi connectivity index (χ4v) is 2.84. The molecule has 0 unspecified atom stereocenters. The molecule has 0 spiro atoms. The molecular formula is C14H19BrN2O3. The number of carbonyl (C=O) groups is 1. The number of methoxy groups -OCH3 is 1. The number of benzene rings is 1. The van der Waals surface area contributed by atoms with Gasteiger partial charge < -0.3 is 20.1 Å². The standard InChI is InChI=1S/C14H19BrN2O3/c1-9-7-10(15)8-12(20-2)13(9)16-14(19)17-5-3-11(18)4-6-17/h7-8,11,18H,3-6H2,1-2H3,(H,16,19). The zero-order chi connectivity index (χ0) is 14.7. The minimum absolute atomic E-state index is 0.152. The number of hydrogen-bond acceptors (Lipinski definition) is 3. The van der Waals surface area contributed by atoms with E-state index in [1.807, 2.05) is 19.1 Å². The Bertz CT molecular complexity index is 499. The molecule has 0 radical (unpaired) electrons. The van der Waals surface area contributed by atoms with Crippen LogP contribution in [0.3, 0.4) is 0 Å². The van der Waals surface area contributed by atoms with E-state index in [2.05, 4.69) is 21.2 Å². The van der Waals surface area contributed by atoms with Gasteiger partial charge in [0.1, 0.15) is 5.75 Å². The smallest absolute Gasteiger partial charge is 0.321 e. The number of anilines is 1. The van der Waals surface area contributed by atoms with Crippen molar-refractivity contribution in [2.45, 2.75) is 25.9 Å². The van der Waals surface area contributed by atoms with Crippen molar-refractivity contribution < 1.29 is 14.6 Å². The summed E-state index contributed by atoms with van der Waals surface area (Å²) in [6, 6.07) is 3.60. The number of carbonyl (C=O) groups excluding carboxylic acids is 1. The van der Waals surface area contributed by atoms with Crippen molar-refractivity contribution in [1.82, 2.24) is 4.90 Å². The van der Waals surface area contributed by atoms with Gasteiger partial charge in [0, 0.05) is 17.6 Å². The molecule has 0 saturated carbocycles. The van der Waals surface area contributed by atoms with E-state index < -0.39 is 0 Å². The first-order chi connectivity index (χ1) is 9.51. The SMILES string of the molecule is COc1cc(Br)cc(C)c1NC(=O)N1CCC(O)CC1. The molecule has 1 saturated heterocycles. The third-order valence-corrected chi connectivity index (χ3v) is 3.93. The highest BCUT2D eigenvalue weighted by molar-refractivity contribution is 9.10. The van der Waals surface area contributed by atoms with Crippen molar-refractivity contribution in [2.24, 2.45) is 0 Å². The lowest BCUT2D eigenvalue weighted by atomic mass is 10.1. The maximum atomic E-state index is 12.2. The largest absolute Gasteiger partial charge is 0.495 e. The van der Waals surface area contributed by atoms with Crippen LogP contribution in [-0.2, 0) is 0 Å². The molecule has 0 aromatic heterocycles. The van der Waals surface area contributed by atoms with Crippen molar-refractivity contribution in [3.05, 3.63) is 22.2 Å². The normalized spacial score (nSPS) is 16.1. The average Bonchev–Trinajstić information content (AvgIpc) is 2.42. The van der Waals surface area contributed by atoms with Gasteiger partial charge in [0.05, 0.1) is 18.9 Å². The molecule has 1 aromatic carbocycles. The predicted molar refractivity (Wildman–Crippen MR) is 81.3 cm³/mol. The van der Waals surface area contributed by atoms with Gasteiger partial charge in [-0.2, -0.15) is 0 Å². The summed E-state index contributed by atoms with van der Waals surface area (Å²) in [4.78, 5) is 14.0. The highest BCUT2D eigenvalue weighted by Gasteiger charge is 2.22. The van der Waals surface area contributed by atoms with Crippen LogP contribution >= 0.6 is 15.9 Å². The summed E-state index contributed by atoms with van der Waals surface area (Å²) >= 11 is 3.41. The van der Waals surface area contributed by atoms with Crippen LogP contribution in [0.25, 0.3) is 0 Å². The molecule has 20 heavy (non-hydrogen) atoms. The lowest BCUT2D eigenvalue weighted by Crippen LogP contribution is -2.42. The second kappa shape index (κ2) is 6.45. The fourth-order valence-electron chi connectivity index (χ4n) is 2.29.